The SMILES string of the molecule is CC1=C[NH+]=C(C)CCCC1=O. The Balaban J connectivity index is 2.80. The van der Waals surface area contributed by atoms with Gasteiger partial charge in [-0.1, -0.05) is 0 Å². The summed E-state index contributed by atoms with van der Waals surface area (Å²) in [6, 6.07) is 0. The van der Waals surface area contributed by atoms with E-state index in [4.69, 9.17) is 0 Å². The Kier molecular flexibility index (Phi) is 2.58. The van der Waals surface area contributed by atoms with E-state index in [0.29, 0.717) is 6.42 Å². The van der Waals surface area contributed by atoms with E-state index in [2.05, 4.69) is 11.9 Å². The van der Waals surface area contributed by atoms with Gasteiger partial charge in [0.15, 0.2) is 17.7 Å². The van der Waals surface area contributed by atoms with Crippen molar-refractivity contribution in [1.29, 1.82) is 0 Å². The van der Waals surface area contributed by atoms with Crippen LogP contribution in [0.4, 0.5) is 0 Å². The summed E-state index contributed by atoms with van der Waals surface area (Å²) in [6.45, 7) is 3.91. The van der Waals surface area contributed by atoms with Crippen molar-refractivity contribution < 1.29 is 9.79 Å². The second-order valence-electron chi connectivity index (χ2n) is 3.03. The summed E-state index contributed by atoms with van der Waals surface area (Å²) in [5, 5.41) is 0. The lowest BCUT2D eigenvalue weighted by molar-refractivity contribution is -0.376. The van der Waals surface area contributed by atoms with Crippen LogP contribution < -0.4 is 4.99 Å². The van der Waals surface area contributed by atoms with Crippen molar-refractivity contribution in [2.24, 2.45) is 0 Å². The first-order valence-electron chi connectivity index (χ1n) is 3.99. The van der Waals surface area contributed by atoms with Crippen LogP contribution in [0.2, 0.25) is 0 Å². The van der Waals surface area contributed by atoms with Crippen molar-refractivity contribution in [3.05, 3.63) is 11.8 Å². The van der Waals surface area contributed by atoms with E-state index in [9.17, 15) is 4.79 Å². The zero-order valence-corrected chi connectivity index (χ0v) is 7.11. The van der Waals surface area contributed by atoms with Crippen molar-refractivity contribution >= 4 is 11.5 Å². The van der Waals surface area contributed by atoms with Gasteiger partial charge < -0.3 is 0 Å². The highest BCUT2D eigenvalue weighted by molar-refractivity contribution is 5.95. The molecule has 2 nitrogen and oxygen atoms in total. The summed E-state index contributed by atoms with van der Waals surface area (Å²) in [5.74, 6) is 0.269. The standard InChI is InChI=1S/C9H13NO/c1-7-6-10-8(2)4-3-5-9(7)11/h6H,3-5H2,1-2H3/p+1. The maximum absolute atomic E-state index is 11.2. The Morgan fingerprint density at radius 3 is 2.82 bits per heavy atom. The minimum absolute atomic E-state index is 0.269. The molecule has 1 N–H and O–H groups in total. The normalized spacial score (nSPS) is 20.0. The van der Waals surface area contributed by atoms with Crippen molar-refractivity contribution in [2.75, 3.05) is 0 Å². The molecule has 60 valence electrons. The average Bonchev–Trinajstić information content (AvgIpc) is 1.98. The molecule has 1 aliphatic heterocycles. The molecule has 0 saturated carbocycles. The smallest absolute Gasteiger partial charge is 0.173 e. The number of nitrogens with one attached hydrogen (secondary N) is 1. The van der Waals surface area contributed by atoms with E-state index >= 15 is 0 Å². The predicted octanol–water partition coefficient (Wildman–Crippen LogP) is 0.185. The number of hydrogen-bond donors (Lipinski definition) is 1. The van der Waals surface area contributed by atoms with Crippen molar-refractivity contribution in [2.45, 2.75) is 33.1 Å². The molecule has 0 saturated heterocycles. The third-order valence-electron chi connectivity index (χ3n) is 1.93. The predicted molar refractivity (Wildman–Crippen MR) is 44.3 cm³/mol. The lowest BCUT2D eigenvalue weighted by Gasteiger charge is -2.00. The first-order chi connectivity index (χ1) is 5.20. The number of Topliss-reactive ketones (excluding diaryl/α,β-unsaturated/α-hetero) is 1. The lowest BCUT2D eigenvalue weighted by Crippen LogP contribution is -2.66. The van der Waals surface area contributed by atoms with Gasteiger partial charge in [-0.15, -0.1) is 0 Å². The Morgan fingerprint density at radius 2 is 2.09 bits per heavy atom. The fourth-order valence-corrected chi connectivity index (χ4v) is 1.10. The molecule has 0 amide bonds. The molecule has 2 heteroatoms. The van der Waals surface area contributed by atoms with Crippen LogP contribution in [-0.4, -0.2) is 11.5 Å². The molecule has 0 aliphatic carbocycles. The Hall–Kier alpha value is -0.920. The third kappa shape index (κ3) is 2.30. The van der Waals surface area contributed by atoms with Crippen molar-refractivity contribution in [1.82, 2.24) is 0 Å². The van der Waals surface area contributed by atoms with E-state index in [1.54, 1.807) is 6.20 Å². The van der Waals surface area contributed by atoms with Crippen LogP contribution in [0, 0.1) is 0 Å². The quantitative estimate of drug-likeness (QED) is 0.527. The van der Waals surface area contributed by atoms with Crippen LogP contribution in [0.3, 0.4) is 0 Å². The summed E-state index contributed by atoms with van der Waals surface area (Å²) in [7, 11) is 0. The number of carbonyl (C=O) groups excluding carboxylic acids is 1. The van der Waals surface area contributed by atoms with Gasteiger partial charge in [0.25, 0.3) is 0 Å². The molecule has 0 aromatic carbocycles. The summed E-state index contributed by atoms with van der Waals surface area (Å²) in [5.41, 5.74) is 2.08. The van der Waals surface area contributed by atoms with Gasteiger partial charge >= 0.3 is 0 Å². The second kappa shape index (κ2) is 3.46. The largest absolute Gasteiger partial charge is 0.294 e. The van der Waals surface area contributed by atoms with Gasteiger partial charge in [-0.3, -0.25) is 4.79 Å². The molecule has 0 unspecified atom stereocenters. The maximum Gasteiger partial charge on any atom is 0.173 e. The van der Waals surface area contributed by atoms with E-state index < -0.39 is 0 Å². The van der Waals surface area contributed by atoms with E-state index in [-0.39, 0.29) is 5.78 Å². The van der Waals surface area contributed by atoms with E-state index in [1.807, 2.05) is 6.92 Å². The Morgan fingerprint density at radius 1 is 1.36 bits per heavy atom. The first-order valence-corrected chi connectivity index (χ1v) is 3.99. The topological polar surface area (TPSA) is 31.0 Å². The van der Waals surface area contributed by atoms with E-state index in [1.165, 1.54) is 5.71 Å². The fourth-order valence-electron chi connectivity index (χ4n) is 1.10. The average molecular weight is 152 g/mol. The molecule has 1 rings (SSSR count). The summed E-state index contributed by atoms with van der Waals surface area (Å²) < 4.78 is 0. The van der Waals surface area contributed by atoms with Gasteiger partial charge in [-0.25, -0.2) is 4.99 Å². The minimum Gasteiger partial charge on any atom is -0.294 e. The number of allylic oxidation sites excluding steroid dienone is 1. The monoisotopic (exact) mass is 152 g/mol. The van der Waals surface area contributed by atoms with Crippen LogP contribution in [-0.2, 0) is 4.79 Å². The molecule has 1 aliphatic rings. The molecular formula is C9H14NO+. The molecule has 1 heterocycles. The minimum atomic E-state index is 0.269. The van der Waals surface area contributed by atoms with Gasteiger partial charge in [0.05, 0.1) is 5.57 Å². The molecule has 0 atom stereocenters. The maximum atomic E-state index is 11.2. The number of carbonyl (C=O) groups is 1. The zero-order valence-electron chi connectivity index (χ0n) is 7.11. The van der Waals surface area contributed by atoms with Crippen LogP contribution in [0.25, 0.3) is 0 Å². The van der Waals surface area contributed by atoms with E-state index in [0.717, 1.165) is 18.4 Å². The zero-order chi connectivity index (χ0) is 8.27. The van der Waals surface area contributed by atoms with Gasteiger partial charge in [-0.2, -0.15) is 0 Å². The molecule has 11 heavy (non-hydrogen) atoms. The van der Waals surface area contributed by atoms with Crippen LogP contribution in [0.1, 0.15) is 33.1 Å². The van der Waals surface area contributed by atoms with Crippen molar-refractivity contribution in [3.8, 4) is 0 Å². The van der Waals surface area contributed by atoms with Gasteiger partial charge in [0.2, 0.25) is 0 Å². The third-order valence-corrected chi connectivity index (χ3v) is 1.93. The van der Waals surface area contributed by atoms with Gasteiger partial charge in [0.1, 0.15) is 0 Å². The van der Waals surface area contributed by atoms with Gasteiger partial charge in [0, 0.05) is 19.8 Å². The highest BCUT2D eigenvalue weighted by Crippen LogP contribution is 2.03. The van der Waals surface area contributed by atoms with Crippen molar-refractivity contribution in [3.63, 3.8) is 0 Å². The molecular weight excluding hydrogens is 138 g/mol. The number of hydrogen-bond acceptors (Lipinski definition) is 1. The summed E-state index contributed by atoms with van der Waals surface area (Å²) in [6.07, 6.45) is 4.48. The van der Waals surface area contributed by atoms with Crippen LogP contribution in [0.15, 0.2) is 11.8 Å². The molecule has 0 spiro atoms. The molecule has 0 aromatic rings. The molecule has 0 aromatic heterocycles. The fraction of sp³-hybridized carbons (Fsp3) is 0.556. The number of ketones is 1. The molecule has 0 fully saturated rings. The lowest BCUT2D eigenvalue weighted by atomic mass is 10.1. The van der Waals surface area contributed by atoms with Gasteiger partial charge in [-0.05, 0) is 13.3 Å². The Bertz CT molecular complexity index is 226. The summed E-state index contributed by atoms with van der Waals surface area (Å²) >= 11 is 0. The molecule has 0 bridgehead atoms. The first kappa shape index (κ1) is 8.18. The number of rotatable bonds is 0. The highest BCUT2D eigenvalue weighted by atomic mass is 16.1. The second-order valence-corrected chi connectivity index (χ2v) is 3.03. The summed E-state index contributed by atoms with van der Waals surface area (Å²) in [4.78, 5) is 14.3. The Labute approximate surface area is 67.0 Å². The molecule has 0 radical (unpaired) electrons. The highest BCUT2D eigenvalue weighted by Gasteiger charge is 2.10. The van der Waals surface area contributed by atoms with Crippen LogP contribution in [0.5, 0.6) is 0 Å². The van der Waals surface area contributed by atoms with Crippen LogP contribution >= 0.6 is 0 Å².